The van der Waals surface area contributed by atoms with E-state index in [1.54, 1.807) is 11.8 Å². The minimum absolute atomic E-state index is 0. The molecule has 10 atom stereocenters. The lowest BCUT2D eigenvalue weighted by atomic mass is 9.65. The summed E-state index contributed by atoms with van der Waals surface area (Å²) in [4.78, 5) is 115. The normalized spacial score (nSPS) is 21.4. The van der Waals surface area contributed by atoms with E-state index in [1.807, 2.05) is 136 Å². The zero-order valence-electron chi connectivity index (χ0n) is 82.6. The van der Waals surface area contributed by atoms with Gasteiger partial charge in [-0.15, -0.1) is 23.5 Å². The summed E-state index contributed by atoms with van der Waals surface area (Å²) in [6, 6.07) is 22.9. The standard InChI is InChI=1S/C36H50N2O5S.C25H28N2O5.C21H38N2O3S.C15H16O3.C10H22S.2CH4/c1-8-42-24-17-18-26-28(22-24)43-27-15-12-11-14-25(27)33(26)37-31(39)16-10-9-13-20-38-32(40)23-29(34(38)41)44-21-19-30(35(2,3)4)36(5,6)7;1-2-31-17-11-12-19-21(16-17)32-20-9-6-5-8-18(20)25(19)26-22(28)10-4-3-7-15-27-23(29)13-14-24(27)30;1-20(2,3)16(21(4,5)6)11-13-27-15-14-18(25)23(19(15)26)12-9-7-8-10-17(22)24;1-2-17-10-7-8-12-14(9-10)18-13-6-4-3-5-11(13)15(12)16;1-9(2,3)8(7-11)10(4,5)6;;/h11-12,14-15,17-18,22-23,26,28,30,33H,8-10,13,16,19-21H2,1-7H3,(H,37,39);5-6,8-9,11-14,16,19,21,25H,2-4,7,10,15H2,1H3,(H,26,28);15-16H,7-14H2,1-6H3,(H2,22,24);3-9,12,14-16H,2H2,1H3;8,11H,7H2,1-6H3;2*1H4. The highest BCUT2D eigenvalue weighted by atomic mass is 32.2. The van der Waals surface area contributed by atoms with E-state index in [0.717, 1.165) is 107 Å². The number of rotatable bonds is 35. The number of nitrogens with two attached hydrogens (primary N) is 1. The number of hydrogen-bond acceptors (Lipinski definition) is 19. The first kappa shape index (κ1) is 114. The van der Waals surface area contributed by atoms with Crippen molar-refractivity contribution >= 4 is 89.3 Å². The van der Waals surface area contributed by atoms with Gasteiger partial charge in [-0.25, -0.2) is 0 Å². The lowest BCUT2D eigenvalue weighted by molar-refractivity contribution is -0.139. The molecule has 134 heavy (non-hydrogen) atoms. The Balaban J connectivity index is 0.000000272. The van der Waals surface area contributed by atoms with Crippen LogP contribution in [-0.4, -0.2) is 153 Å². The van der Waals surface area contributed by atoms with E-state index in [2.05, 4.69) is 160 Å². The monoisotopic (exact) mass is 1910 g/mol. The number of carbonyl (C=O) groups is 9. The Morgan fingerprint density at radius 3 is 1.23 bits per heavy atom. The summed E-state index contributed by atoms with van der Waals surface area (Å²) < 4.78 is 35.1. The predicted octanol–water partition coefficient (Wildman–Crippen LogP) is 22.0. The lowest BCUT2D eigenvalue weighted by Crippen LogP contribution is -2.43. The van der Waals surface area contributed by atoms with Crippen LogP contribution in [0.4, 0.5) is 0 Å². The number of unbranched alkanes of at least 4 members (excludes halogenated alkanes) is 6. The van der Waals surface area contributed by atoms with Gasteiger partial charge in [-0.2, -0.15) is 12.6 Å². The van der Waals surface area contributed by atoms with Gasteiger partial charge in [0.1, 0.15) is 52.8 Å². The smallest absolute Gasteiger partial charge is 0.267 e. The van der Waals surface area contributed by atoms with E-state index in [9.17, 15) is 48.3 Å². The van der Waals surface area contributed by atoms with Crippen LogP contribution in [0, 0.1) is 68.0 Å². The second-order valence-corrected chi connectivity index (χ2v) is 44.8. The van der Waals surface area contributed by atoms with E-state index in [0.29, 0.717) is 131 Å². The number of amides is 9. The Bertz CT molecular complexity index is 4610. The van der Waals surface area contributed by atoms with Crippen molar-refractivity contribution in [3.8, 4) is 17.2 Å². The molecule has 12 rings (SSSR count). The van der Waals surface area contributed by atoms with Crippen LogP contribution in [-0.2, 0) is 57.4 Å². The molecule has 6 heterocycles. The van der Waals surface area contributed by atoms with Gasteiger partial charge in [0.25, 0.3) is 23.6 Å². The van der Waals surface area contributed by atoms with Crippen molar-refractivity contribution < 1.29 is 76.7 Å². The van der Waals surface area contributed by atoms with Crippen LogP contribution in [0.15, 0.2) is 168 Å². The van der Waals surface area contributed by atoms with Crippen LogP contribution in [0.3, 0.4) is 0 Å². The summed E-state index contributed by atoms with van der Waals surface area (Å²) in [5.41, 5.74) is 9.43. The number of imide groups is 3. The van der Waals surface area contributed by atoms with E-state index < -0.39 is 6.10 Å². The maximum absolute atomic E-state index is 13.1. The van der Waals surface area contributed by atoms with Crippen molar-refractivity contribution in [2.24, 2.45) is 73.7 Å². The minimum atomic E-state index is -0.518. The third-order valence-electron chi connectivity index (χ3n) is 25.6. The van der Waals surface area contributed by atoms with Gasteiger partial charge in [0.15, 0.2) is 0 Å². The number of aliphatic hydroxyl groups is 1. The molecule has 9 amide bonds. The van der Waals surface area contributed by atoms with Gasteiger partial charge in [0.2, 0.25) is 29.5 Å². The number of carbonyl (C=O) groups excluding carboxylic acids is 9. The summed E-state index contributed by atoms with van der Waals surface area (Å²) in [6.07, 6.45) is 30.8. The third-order valence-corrected chi connectivity index (χ3v) is 28.3. The topological polar surface area (TPSA) is 289 Å². The fourth-order valence-electron chi connectivity index (χ4n) is 19.8. The van der Waals surface area contributed by atoms with Crippen molar-refractivity contribution in [3.63, 3.8) is 0 Å². The number of para-hydroxylation sites is 3. The zero-order chi connectivity index (χ0) is 97.2. The van der Waals surface area contributed by atoms with Gasteiger partial charge in [-0.1, -0.05) is 232 Å². The van der Waals surface area contributed by atoms with Gasteiger partial charge in [-0.3, -0.25) is 57.9 Å². The number of thiol groups is 1. The Morgan fingerprint density at radius 1 is 0.470 bits per heavy atom. The van der Waals surface area contributed by atoms with E-state index in [-0.39, 0.29) is 143 Å². The number of allylic oxidation sites excluding steroid dienone is 3. The molecule has 0 radical (unpaired) electrons. The predicted molar refractivity (Wildman–Crippen MR) is 545 cm³/mol. The maximum Gasteiger partial charge on any atom is 0.267 e. The number of likely N-dealkylation sites (tertiary alicyclic amines) is 1. The molecule has 1 saturated heterocycles. The summed E-state index contributed by atoms with van der Waals surface area (Å²) in [5, 5.41) is 16.6. The number of primary amides is 1. The summed E-state index contributed by atoms with van der Waals surface area (Å²) >= 11 is 7.54. The van der Waals surface area contributed by atoms with E-state index in [4.69, 9.17) is 34.2 Å². The highest BCUT2D eigenvalue weighted by molar-refractivity contribution is 8.04. The Morgan fingerprint density at radius 2 is 0.836 bits per heavy atom. The molecule has 9 aliphatic rings. The average molecular weight is 1910 g/mol. The fourth-order valence-corrected chi connectivity index (χ4v) is 23.1. The van der Waals surface area contributed by atoms with Crippen LogP contribution in [0.1, 0.15) is 291 Å². The molecule has 742 valence electrons. The minimum Gasteiger partial charge on any atom is -0.494 e. The number of nitrogens with zero attached hydrogens (tertiary/aromatic N) is 3. The molecule has 22 nitrogen and oxygen atoms in total. The largest absolute Gasteiger partial charge is 0.494 e. The highest BCUT2D eigenvalue weighted by Gasteiger charge is 2.45. The number of ether oxygens (including phenoxy) is 6. The Hall–Kier alpha value is -8.78. The van der Waals surface area contributed by atoms with Crippen molar-refractivity contribution in [1.82, 2.24) is 25.3 Å². The molecule has 10 unspecified atom stereocenters. The molecule has 5 N–H and O–H groups in total. The summed E-state index contributed by atoms with van der Waals surface area (Å²) in [6.45, 7) is 49.9. The van der Waals surface area contributed by atoms with Crippen LogP contribution in [0.2, 0.25) is 0 Å². The molecule has 0 spiro atoms. The average Bonchev–Trinajstić information content (AvgIpc) is 1.06. The molecule has 6 aliphatic heterocycles. The fraction of sp³-hybridized carbons (Fsp3) is 0.606. The lowest BCUT2D eigenvalue weighted by Gasteiger charge is -2.41. The van der Waals surface area contributed by atoms with Crippen LogP contribution >= 0.6 is 36.2 Å². The van der Waals surface area contributed by atoms with Gasteiger partial charge in [0, 0.05) is 98.0 Å². The summed E-state index contributed by atoms with van der Waals surface area (Å²) in [5.74, 6) is 7.63. The molecule has 0 saturated carbocycles. The zero-order valence-corrected chi connectivity index (χ0v) is 85.1. The number of hydrogen-bond donors (Lipinski definition) is 5. The molecule has 3 aliphatic carbocycles. The van der Waals surface area contributed by atoms with Gasteiger partial charge < -0.3 is 49.9 Å². The highest BCUT2D eigenvalue weighted by Crippen LogP contribution is 2.49. The SMILES string of the molecule is C.C.CC(C)(C)C(CCSC1CC(=O)N(CCCCCC(N)=O)C1=O)C(C)(C)C.CC(C)(C)C(CS)C(C)(C)C.CCOC1=CC2Oc3ccccc3C(NC(=O)CCCCCN3C(=O)C=C(SCCC(C(C)(C)C)C(C)(C)C)C3=O)C2C=C1.CCOC1=CC2Oc3ccccc3C(NC(=O)CCCCCN3C(=O)C=CC3=O)C2C=C1.CCOC1=CC2Oc3ccccc3C(O)C2C=C1. The molecule has 0 bridgehead atoms. The Labute approximate surface area is 816 Å². The van der Waals surface area contributed by atoms with Gasteiger partial charge >= 0.3 is 0 Å². The first-order valence-corrected chi connectivity index (χ1v) is 50.6. The number of thioether (sulfide) groups is 2. The summed E-state index contributed by atoms with van der Waals surface area (Å²) in [7, 11) is 0. The first-order chi connectivity index (χ1) is 62.2. The molecule has 0 aromatic heterocycles. The molecular formula is C109H162N6O16S3. The van der Waals surface area contributed by atoms with Crippen LogP contribution in [0.5, 0.6) is 17.2 Å². The molecule has 3 aromatic carbocycles. The molecular weight excluding hydrogens is 1750 g/mol. The van der Waals surface area contributed by atoms with Crippen molar-refractivity contribution in [2.75, 3.05) is 56.7 Å². The van der Waals surface area contributed by atoms with Crippen LogP contribution in [0.25, 0.3) is 0 Å². The number of fused-ring (bicyclic) bond motifs is 6. The van der Waals surface area contributed by atoms with Crippen molar-refractivity contribution in [1.29, 1.82) is 0 Å². The van der Waals surface area contributed by atoms with Gasteiger partial charge in [0.05, 0.1) is 48.2 Å². The quantitative estimate of drug-likeness (QED) is 0.0208. The van der Waals surface area contributed by atoms with E-state index in [1.165, 1.54) is 44.7 Å². The number of nitrogens with one attached hydrogen (secondary N) is 2. The van der Waals surface area contributed by atoms with Gasteiger partial charge in [-0.05, 0) is 194 Å². The van der Waals surface area contributed by atoms with Crippen molar-refractivity contribution in [2.45, 2.75) is 298 Å². The molecule has 3 aromatic rings. The molecule has 1 fully saturated rings. The molecule has 25 heteroatoms. The van der Waals surface area contributed by atoms with E-state index >= 15 is 0 Å². The Kier molecular flexibility index (Phi) is 44.3. The second-order valence-electron chi connectivity index (χ2n) is 42.0. The second kappa shape index (κ2) is 52.1. The number of aliphatic hydroxyl groups excluding tert-OH is 1. The first-order valence-electron chi connectivity index (χ1n) is 47.9. The van der Waals surface area contributed by atoms with Crippen LogP contribution < -0.4 is 30.6 Å². The number of benzene rings is 3. The van der Waals surface area contributed by atoms with Crippen molar-refractivity contribution in [3.05, 3.63) is 185 Å². The third kappa shape index (κ3) is 33.3. The maximum atomic E-state index is 13.1.